The third kappa shape index (κ3) is 1.84. The first-order valence-corrected chi connectivity index (χ1v) is 4.50. The lowest BCUT2D eigenvalue weighted by atomic mass is 10.1. The number of esters is 1. The molecular weight excluding hydrogens is 172 g/mol. The first-order chi connectivity index (χ1) is 6.18. The van der Waals surface area contributed by atoms with Gasteiger partial charge in [0.15, 0.2) is 0 Å². The van der Waals surface area contributed by atoms with E-state index >= 15 is 0 Å². The molecule has 1 fully saturated rings. The van der Waals surface area contributed by atoms with E-state index < -0.39 is 11.8 Å². The number of ether oxygens (including phenoxy) is 3. The Kier molecular flexibility index (Phi) is 3.27. The number of carbonyl (C=O) groups is 1. The van der Waals surface area contributed by atoms with E-state index in [0.717, 1.165) is 12.8 Å². The molecule has 2 atom stereocenters. The number of carbonyl (C=O) groups excluding carboxylic acids is 1. The maximum atomic E-state index is 11.4. The monoisotopic (exact) mass is 188 g/mol. The van der Waals surface area contributed by atoms with E-state index in [1.807, 2.05) is 6.92 Å². The summed E-state index contributed by atoms with van der Waals surface area (Å²) in [6, 6.07) is 0. The lowest BCUT2D eigenvalue weighted by molar-refractivity contribution is -0.230. The second-order valence-electron chi connectivity index (χ2n) is 3.14. The topological polar surface area (TPSA) is 44.8 Å². The molecule has 0 radical (unpaired) electrons. The van der Waals surface area contributed by atoms with E-state index in [-0.39, 0.29) is 6.10 Å². The van der Waals surface area contributed by atoms with Crippen LogP contribution in [0.5, 0.6) is 0 Å². The molecule has 0 aliphatic carbocycles. The zero-order valence-electron chi connectivity index (χ0n) is 8.33. The maximum absolute atomic E-state index is 11.4. The lowest BCUT2D eigenvalue weighted by Gasteiger charge is -2.24. The summed E-state index contributed by atoms with van der Waals surface area (Å²) in [5.41, 5.74) is 0. The normalized spacial score (nSPS) is 33.3. The SMILES string of the molecule is CCC1CCC(OC)(C(=O)OC)O1. The zero-order valence-corrected chi connectivity index (χ0v) is 8.33. The Bertz CT molecular complexity index is 192. The van der Waals surface area contributed by atoms with Gasteiger partial charge in [-0.3, -0.25) is 0 Å². The fraction of sp³-hybridized carbons (Fsp3) is 0.889. The number of methoxy groups -OCH3 is 2. The fourth-order valence-corrected chi connectivity index (χ4v) is 1.56. The largest absolute Gasteiger partial charge is 0.465 e. The molecule has 0 N–H and O–H groups in total. The summed E-state index contributed by atoms with van der Waals surface area (Å²) in [7, 11) is 2.81. The molecule has 1 heterocycles. The molecule has 1 rings (SSSR count). The van der Waals surface area contributed by atoms with Crippen LogP contribution in [0.15, 0.2) is 0 Å². The van der Waals surface area contributed by atoms with Gasteiger partial charge < -0.3 is 14.2 Å². The van der Waals surface area contributed by atoms with Crippen LogP contribution in [-0.2, 0) is 19.0 Å². The molecule has 0 amide bonds. The highest BCUT2D eigenvalue weighted by atomic mass is 16.7. The van der Waals surface area contributed by atoms with Crippen LogP contribution in [0, 0.1) is 0 Å². The van der Waals surface area contributed by atoms with Gasteiger partial charge in [-0.2, -0.15) is 0 Å². The van der Waals surface area contributed by atoms with Crippen molar-refractivity contribution in [3.05, 3.63) is 0 Å². The van der Waals surface area contributed by atoms with Crippen LogP contribution in [-0.4, -0.2) is 32.1 Å². The molecule has 13 heavy (non-hydrogen) atoms. The van der Waals surface area contributed by atoms with Crippen LogP contribution in [0.3, 0.4) is 0 Å². The zero-order chi connectivity index (χ0) is 9.90. The van der Waals surface area contributed by atoms with Crippen LogP contribution >= 0.6 is 0 Å². The third-order valence-electron chi connectivity index (χ3n) is 2.43. The number of hydrogen-bond donors (Lipinski definition) is 0. The van der Waals surface area contributed by atoms with Gasteiger partial charge in [-0.15, -0.1) is 0 Å². The van der Waals surface area contributed by atoms with Gasteiger partial charge in [-0.25, -0.2) is 4.79 Å². The Balaban J connectivity index is 2.67. The minimum absolute atomic E-state index is 0.110. The second kappa shape index (κ2) is 4.07. The third-order valence-corrected chi connectivity index (χ3v) is 2.43. The van der Waals surface area contributed by atoms with Crippen LogP contribution in [0.2, 0.25) is 0 Å². The molecular formula is C9H16O4. The summed E-state index contributed by atoms with van der Waals surface area (Å²) in [6.45, 7) is 2.02. The van der Waals surface area contributed by atoms with Gasteiger partial charge in [0.1, 0.15) is 0 Å². The number of rotatable bonds is 3. The molecule has 4 heteroatoms. The first kappa shape index (κ1) is 10.5. The Morgan fingerprint density at radius 2 is 2.31 bits per heavy atom. The predicted octanol–water partition coefficient (Wildman–Crippen LogP) is 1.09. The molecule has 0 aromatic carbocycles. The average Bonchev–Trinajstić information content (AvgIpc) is 2.61. The molecule has 4 nitrogen and oxygen atoms in total. The molecule has 1 saturated heterocycles. The summed E-state index contributed by atoms with van der Waals surface area (Å²) in [6.07, 6.45) is 2.43. The Hall–Kier alpha value is -0.610. The Labute approximate surface area is 78.2 Å². The maximum Gasteiger partial charge on any atom is 0.366 e. The average molecular weight is 188 g/mol. The molecule has 1 aliphatic heterocycles. The van der Waals surface area contributed by atoms with Crippen molar-refractivity contribution in [2.24, 2.45) is 0 Å². The van der Waals surface area contributed by atoms with Gasteiger partial charge in [0, 0.05) is 13.5 Å². The molecule has 1 aliphatic rings. The van der Waals surface area contributed by atoms with Gasteiger partial charge in [-0.1, -0.05) is 6.92 Å². The lowest BCUT2D eigenvalue weighted by Crippen LogP contribution is -2.41. The van der Waals surface area contributed by atoms with Crippen LogP contribution in [0.1, 0.15) is 26.2 Å². The van der Waals surface area contributed by atoms with Crippen molar-refractivity contribution in [1.82, 2.24) is 0 Å². The highest BCUT2D eigenvalue weighted by Crippen LogP contribution is 2.33. The fourth-order valence-electron chi connectivity index (χ4n) is 1.56. The van der Waals surface area contributed by atoms with Crippen molar-refractivity contribution in [3.63, 3.8) is 0 Å². The van der Waals surface area contributed by atoms with Crippen molar-refractivity contribution < 1.29 is 19.0 Å². The molecule has 0 bridgehead atoms. The van der Waals surface area contributed by atoms with E-state index in [2.05, 4.69) is 4.74 Å². The van der Waals surface area contributed by atoms with Crippen molar-refractivity contribution in [3.8, 4) is 0 Å². The van der Waals surface area contributed by atoms with Crippen molar-refractivity contribution in [2.75, 3.05) is 14.2 Å². The van der Waals surface area contributed by atoms with Gasteiger partial charge in [0.25, 0.3) is 5.79 Å². The molecule has 0 spiro atoms. The minimum Gasteiger partial charge on any atom is -0.465 e. The summed E-state index contributed by atoms with van der Waals surface area (Å²) in [5.74, 6) is -1.58. The smallest absolute Gasteiger partial charge is 0.366 e. The van der Waals surface area contributed by atoms with E-state index in [9.17, 15) is 4.79 Å². The van der Waals surface area contributed by atoms with Gasteiger partial charge in [0.05, 0.1) is 13.2 Å². The summed E-state index contributed by atoms with van der Waals surface area (Å²) >= 11 is 0. The summed E-state index contributed by atoms with van der Waals surface area (Å²) < 4.78 is 15.2. The van der Waals surface area contributed by atoms with Gasteiger partial charge in [0.2, 0.25) is 0 Å². The molecule has 76 valence electrons. The minimum atomic E-state index is -1.14. The predicted molar refractivity (Wildman–Crippen MR) is 46.2 cm³/mol. The highest BCUT2D eigenvalue weighted by Gasteiger charge is 2.47. The highest BCUT2D eigenvalue weighted by molar-refractivity contribution is 5.78. The second-order valence-corrected chi connectivity index (χ2v) is 3.14. The number of hydrogen-bond acceptors (Lipinski definition) is 4. The standard InChI is InChI=1S/C9H16O4/c1-4-7-5-6-9(12-3,13-7)8(10)11-2/h7H,4-6H2,1-3H3. The van der Waals surface area contributed by atoms with Crippen molar-refractivity contribution >= 4 is 5.97 Å². The Morgan fingerprint density at radius 3 is 2.69 bits per heavy atom. The quantitative estimate of drug-likeness (QED) is 0.622. The van der Waals surface area contributed by atoms with Crippen molar-refractivity contribution in [1.29, 1.82) is 0 Å². The van der Waals surface area contributed by atoms with Crippen molar-refractivity contribution in [2.45, 2.75) is 38.1 Å². The van der Waals surface area contributed by atoms with E-state index in [1.165, 1.54) is 14.2 Å². The molecule has 0 aromatic heterocycles. The van der Waals surface area contributed by atoms with Crippen LogP contribution in [0.25, 0.3) is 0 Å². The molecule has 0 aromatic rings. The molecule has 2 unspecified atom stereocenters. The first-order valence-electron chi connectivity index (χ1n) is 4.50. The molecule has 0 saturated carbocycles. The van der Waals surface area contributed by atoms with E-state index in [4.69, 9.17) is 9.47 Å². The summed E-state index contributed by atoms with van der Waals surface area (Å²) in [4.78, 5) is 11.4. The van der Waals surface area contributed by atoms with Gasteiger partial charge in [-0.05, 0) is 12.8 Å². The summed E-state index contributed by atoms with van der Waals surface area (Å²) in [5, 5.41) is 0. The van der Waals surface area contributed by atoms with Crippen LogP contribution in [0.4, 0.5) is 0 Å². The van der Waals surface area contributed by atoms with Crippen LogP contribution < -0.4 is 0 Å². The Morgan fingerprint density at radius 1 is 1.62 bits per heavy atom. The van der Waals surface area contributed by atoms with Gasteiger partial charge >= 0.3 is 5.97 Å². The van der Waals surface area contributed by atoms with E-state index in [1.54, 1.807) is 0 Å². The van der Waals surface area contributed by atoms with E-state index in [0.29, 0.717) is 6.42 Å².